The summed E-state index contributed by atoms with van der Waals surface area (Å²) in [5.74, 6) is -0.965. The van der Waals surface area contributed by atoms with Gasteiger partial charge in [-0.3, -0.25) is 0 Å². The van der Waals surface area contributed by atoms with Crippen molar-refractivity contribution in [3.05, 3.63) is 95.6 Å². The minimum Gasteiger partial charge on any atom is -0.464 e. The molecule has 0 aliphatic heterocycles. The molecule has 0 saturated carbocycles. The molecule has 4 amide bonds. The predicted molar refractivity (Wildman–Crippen MR) is 240 cm³/mol. The van der Waals surface area contributed by atoms with Crippen molar-refractivity contribution in [1.29, 1.82) is 0 Å². The molecular formula is C49H72N4O6. The normalized spacial score (nSPS) is 11.9. The van der Waals surface area contributed by atoms with E-state index in [1.165, 1.54) is 77.0 Å². The number of hydrogen-bond acceptors (Lipinski definition) is 6. The Hall–Kier alpha value is -4.86. The summed E-state index contributed by atoms with van der Waals surface area (Å²) in [6.45, 7) is 6.89. The van der Waals surface area contributed by atoms with Crippen LogP contribution in [0.5, 0.6) is 0 Å². The molecule has 0 spiro atoms. The molecule has 10 heteroatoms. The molecule has 0 radical (unpaired) electrons. The van der Waals surface area contributed by atoms with Gasteiger partial charge in [0.25, 0.3) is 0 Å². The van der Waals surface area contributed by atoms with Crippen LogP contribution in [0.2, 0.25) is 0 Å². The van der Waals surface area contributed by atoms with Gasteiger partial charge in [0.1, 0.15) is 12.1 Å². The fourth-order valence-corrected chi connectivity index (χ4v) is 6.93. The van der Waals surface area contributed by atoms with Gasteiger partial charge in [-0.1, -0.05) is 183 Å². The first-order valence-electron chi connectivity index (χ1n) is 22.5. The topological polar surface area (TPSA) is 135 Å². The number of carbonyl (C=O) groups excluding carboxylic acids is 4. The second-order valence-corrected chi connectivity index (χ2v) is 15.7. The van der Waals surface area contributed by atoms with E-state index in [1.54, 1.807) is 18.2 Å². The van der Waals surface area contributed by atoms with Crippen molar-refractivity contribution in [2.24, 2.45) is 0 Å². The van der Waals surface area contributed by atoms with Gasteiger partial charge < -0.3 is 30.7 Å². The lowest BCUT2D eigenvalue weighted by Gasteiger charge is -2.20. The van der Waals surface area contributed by atoms with Crippen LogP contribution in [0.25, 0.3) is 0 Å². The summed E-state index contributed by atoms with van der Waals surface area (Å²) in [6.07, 6.45) is 21.5. The predicted octanol–water partition coefficient (Wildman–Crippen LogP) is 11.6. The van der Waals surface area contributed by atoms with Crippen LogP contribution in [0.3, 0.4) is 0 Å². The van der Waals surface area contributed by atoms with E-state index in [-0.39, 0.29) is 12.8 Å². The Kier molecular flexibility index (Phi) is 24.8. The van der Waals surface area contributed by atoms with E-state index in [9.17, 15) is 19.2 Å². The molecule has 3 aromatic rings. The van der Waals surface area contributed by atoms with Gasteiger partial charge in [-0.05, 0) is 48.6 Å². The highest BCUT2D eigenvalue weighted by molar-refractivity contribution is 5.96. The van der Waals surface area contributed by atoms with Crippen LogP contribution in [0.4, 0.5) is 21.0 Å². The number of nitrogens with one attached hydrogen (secondary N) is 4. The molecule has 0 bridgehead atoms. The van der Waals surface area contributed by atoms with Gasteiger partial charge in [-0.2, -0.15) is 0 Å². The van der Waals surface area contributed by atoms with Crippen LogP contribution in [-0.4, -0.2) is 49.3 Å². The lowest BCUT2D eigenvalue weighted by molar-refractivity contribution is -0.146. The molecule has 59 heavy (non-hydrogen) atoms. The Labute approximate surface area is 354 Å². The largest absolute Gasteiger partial charge is 0.464 e. The quantitative estimate of drug-likeness (QED) is 0.0391. The average Bonchev–Trinajstić information content (AvgIpc) is 3.23. The molecule has 0 fully saturated rings. The van der Waals surface area contributed by atoms with Crippen molar-refractivity contribution in [1.82, 2.24) is 10.6 Å². The number of unbranched alkanes of at least 4 members (excludes halogenated alkanes) is 16. The molecular weight excluding hydrogens is 741 g/mol. The third kappa shape index (κ3) is 21.6. The molecule has 4 N–H and O–H groups in total. The number of hydrogen-bond donors (Lipinski definition) is 4. The molecule has 0 unspecified atom stereocenters. The standard InChI is InChI=1S/C49H72N4O6/c1-4-6-8-10-12-14-16-18-26-34-58-46(54)44(36-40-28-22-20-23-29-40)52-48(56)50-42-33-32-39(3)43(38-42)51-49(57)53-45(37-41-30-24-21-25-31-41)47(55)59-35-27-19-17-15-13-11-9-7-5-2/h20-25,28-33,38,44-45H,4-19,26-27,34-37H2,1-3H3,(H2,50,52,56)(H2,51,53,57)/t44-,45-/m0/s1. The molecule has 324 valence electrons. The van der Waals surface area contributed by atoms with E-state index >= 15 is 0 Å². The maximum atomic E-state index is 13.4. The number of carbonyl (C=O) groups is 4. The Bertz CT molecular complexity index is 1620. The number of rotatable bonds is 30. The first kappa shape index (κ1) is 48.5. The fourth-order valence-electron chi connectivity index (χ4n) is 6.93. The summed E-state index contributed by atoms with van der Waals surface area (Å²) in [5.41, 5.74) is 3.39. The average molecular weight is 813 g/mol. The lowest BCUT2D eigenvalue weighted by atomic mass is 10.1. The molecule has 3 rings (SSSR count). The number of amides is 4. The molecule has 0 heterocycles. The second-order valence-electron chi connectivity index (χ2n) is 15.7. The monoisotopic (exact) mass is 813 g/mol. The minimum absolute atomic E-state index is 0.275. The molecule has 0 aromatic heterocycles. The summed E-state index contributed by atoms with van der Waals surface area (Å²) in [6, 6.07) is 21.2. The minimum atomic E-state index is -0.898. The first-order valence-corrected chi connectivity index (χ1v) is 22.5. The highest BCUT2D eigenvalue weighted by Crippen LogP contribution is 2.21. The maximum absolute atomic E-state index is 13.4. The Morgan fingerprint density at radius 1 is 0.492 bits per heavy atom. The highest BCUT2D eigenvalue weighted by atomic mass is 16.5. The smallest absolute Gasteiger partial charge is 0.329 e. The number of aryl methyl sites for hydroxylation is 1. The van der Waals surface area contributed by atoms with Crippen molar-refractivity contribution in [2.75, 3.05) is 23.8 Å². The number of anilines is 2. The zero-order valence-electron chi connectivity index (χ0n) is 36.2. The summed E-state index contributed by atoms with van der Waals surface area (Å²) in [4.78, 5) is 53.2. The van der Waals surface area contributed by atoms with Gasteiger partial charge in [0, 0.05) is 24.2 Å². The van der Waals surface area contributed by atoms with Gasteiger partial charge in [0.2, 0.25) is 0 Å². The summed E-state index contributed by atoms with van der Waals surface area (Å²) in [7, 11) is 0. The Morgan fingerprint density at radius 2 is 0.881 bits per heavy atom. The highest BCUT2D eigenvalue weighted by Gasteiger charge is 2.25. The number of esters is 2. The van der Waals surface area contributed by atoms with Crippen molar-refractivity contribution in [2.45, 2.75) is 161 Å². The van der Waals surface area contributed by atoms with E-state index < -0.39 is 36.1 Å². The zero-order valence-corrected chi connectivity index (χ0v) is 36.2. The Morgan fingerprint density at radius 3 is 1.31 bits per heavy atom. The van der Waals surface area contributed by atoms with Crippen molar-refractivity contribution in [3.8, 4) is 0 Å². The zero-order chi connectivity index (χ0) is 42.3. The third-order valence-corrected chi connectivity index (χ3v) is 10.5. The molecule has 0 aliphatic rings. The molecule has 2 atom stereocenters. The van der Waals surface area contributed by atoms with Crippen LogP contribution in [-0.2, 0) is 31.9 Å². The summed E-state index contributed by atoms with van der Waals surface area (Å²) in [5, 5.41) is 11.3. The van der Waals surface area contributed by atoms with E-state index in [0.717, 1.165) is 55.2 Å². The van der Waals surface area contributed by atoms with Gasteiger partial charge in [0.05, 0.1) is 13.2 Å². The van der Waals surface area contributed by atoms with E-state index in [2.05, 4.69) is 35.1 Å². The molecule has 10 nitrogen and oxygen atoms in total. The maximum Gasteiger partial charge on any atom is 0.329 e. The van der Waals surface area contributed by atoms with E-state index in [0.29, 0.717) is 24.6 Å². The van der Waals surface area contributed by atoms with Gasteiger partial charge in [-0.25, -0.2) is 19.2 Å². The van der Waals surface area contributed by atoms with Gasteiger partial charge in [-0.15, -0.1) is 0 Å². The van der Waals surface area contributed by atoms with Crippen LogP contribution in [0, 0.1) is 6.92 Å². The number of ether oxygens (including phenoxy) is 2. The second kappa shape index (κ2) is 30.2. The van der Waals surface area contributed by atoms with Crippen LogP contribution in [0.15, 0.2) is 78.9 Å². The summed E-state index contributed by atoms with van der Waals surface area (Å²) >= 11 is 0. The lowest BCUT2D eigenvalue weighted by Crippen LogP contribution is -2.45. The number of benzene rings is 3. The third-order valence-electron chi connectivity index (χ3n) is 10.5. The van der Waals surface area contributed by atoms with Crippen LogP contribution in [0.1, 0.15) is 146 Å². The summed E-state index contributed by atoms with van der Waals surface area (Å²) < 4.78 is 11.3. The first-order chi connectivity index (χ1) is 28.8. The van der Waals surface area contributed by atoms with Crippen LogP contribution >= 0.6 is 0 Å². The van der Waals surface area contributed by atoms with Crippen molar-refractivity contribution in [3.63, 3.8) is 0 Å². The van der Waals surface area contributed by atoms with E-state index in [1.807, 2.05) is 67.6 Å². The van der Waals surface area contributed by atoms with E-state index in [4.69, 9.17) is 9.47 Å². The van der Waals surface area contributed by atoms with Gasteiger partial charge >= 0.3 is 24.0 Å². The molecule has 3 aromatic carbocycles. The van der Waals surface area contributed by atoms with Crippen molar-refractivity contribution < 1.29 is 28.7 Å². The Balaban J connectivity index is 1.53. The molecule has 0 saturated heterocycles. The SMILES string of the molecule is CCCCCCCCCCCOC(=O)[C@H](Cc1ccccc1)NC(=O)Nc1ccc(C)c(NC(=O)N[C@@H](Cc2ccccc2)C(=O)OCCCCCCCCCCC)c1. The number of urea groups is 2. The molecule has 0 aliphatic carbocycles. The van der Waals surface area contributed by atoms with Gasteiger partial charge in [0.15, 0.2) is 0 Å². The van der Waals surface area contributed by atoms with Crippen molar-refractivity contribution >= 4 is 35.4 Å². The fraction of sp³-hybridized carbons (Fsp3) is 0.551. The van der Waals surface area contributed by atoms with Crippen LogP contribution < -0.4 is 21.3 Å².